The molecule has 0 aromatic carbocycles. The second kappa shape index (κ2) is 9.78. The van der Waals surface area contributed by atoms with E-state index in [1.165, 1.54) is 0 Å². The van der Waals surface area contributed by atoms with Crippen molar-refractivity contribution >= 4 is 0 Å². The van der Waals surface area contributed by atoms with Crippen molar-refractivity contribution in [2.24, 2.45) is 0 Å². The minimum absolute atomic E-state index is 0. The molecule has 2 heteroatoms. The van der Waals surface area contributed by atoms with Crippen LogP contribution in [0.5, 0.6) is 0 Å². The van der Waals surface area contributed by atoms with Crippen LogP contribution < -0.4 is 51.4 Å². The zero-order valence-electron chi connectivity index (χ0n) is 5.57. The Morgan fingerprint density at radius 3 is 2.17 bits per heavy atom. The number of aliphatic hydroxyl groups is 1. The van der Waals surface area contributed by atoms with Gasteiger partial charge in [0.25, 0.3) is 0 Å². The van der Waals surface area contributed by atoms with Crippen molar-refractivity contribution in [1.82, 2.24) is 0 Å². The summed E-state index contributed by atoms with van der Waals surface area (Å²) in [6.07, 6.45) is 2.04. The molecule has 0 bridgehead atoms. The zero-order valence-corrected chi connectivity index (χ0v) is 7.69. The van der Waals surface area contributed by atoms with Gasteiger partial charge in [0, 0.05) is 6.61 Å². The summed E-state index contributed by atoms with van der Waals surface area (Å²) in [5, 5.41) is 8.07. The first-order chi connectivity index (χ1) is 2.41. The van der Waals surface area contributed by atoms with Gasteiger partial charge >= 0.3 is 51.4 Å². The molecule has 0 aliphatic rings. The summed E-state index contributed by atoms with van der Waals surface area (Å²) in [4.78, 5) is 0. The van der Waals surface area contributed by atoms with Crippen LogP contribution in [0.3, 0.4) is 0 Å². The third kappa shape index (κ3) is 9.14. The summed E-state index contributed by atoms with van der Waals surface area (Å²) in [7, 11) is 0. The fourth-order valence-electron chi connectivity index (χ4n) is 0.158. The van der Waals surface area contributed by atoms with E-state index >= 15 is 0 Å². The van der Waals surface area contributed by atoms with Crippen LogP contribution in [-0.2, 0) is 0 Å². The van der Waals surface area contributed by atoms with E-state index in [2.05, 4.69) is 6.92 Å². The Hall–Kier alpha value is 1.60. The molecule has 1 nitrogen and oxygen atoms in total. The first-order valence-corrected chi connectivity index (χ1v) is 2.02. The molecule has 0 radical (unpaired) electrons. The molecule has 0 aromatic rings. The Labute approximate surface area is 83.0 Å². The van der Waals surface area contributed by atoms with Crippen LogP contribution >= 0.6 is 0 Å². The Morgan fingerprint density at radius 1 is 1.67 bits per heavy atom. The maximum absolute atomic E-state index is 8.07. The van der Waals surface area contributed by atoms with Gasteiger partial charge in [0.05, 0.1) is 0 Å². The van der Waals surface area contributed by atoms with Gasteiger partial charge in [-0.25, -0.2) is 0 Å². The summed E-state index contributed by atoms with van der Waals surface area (Å²) in [6, 6.07) is 0. The molecule has 0 rings (SSSR count). The third-order valence-corrected chi connectivity index (χ3v) is 0.512. The molecule has 6 heavy (non-hydrogen) atoms. The topological polar surface area (TPSA) is 20.2 Å². The fraction of sp³-hybridized carbons (Fsp3) is 1.00. The Balaban J connectivity index is -0.0000000800. The Morgan fingerprint density at radius 2 is 2.17 bits per heavy atom. The van der Waals surface area contributed by atoms with Crippen LogP contribution in [0.2, 0.25) is 0 Å². The van der Waals surface area contributed by atoms with Crippen LogP contribution in [0.4, 0.5) is 0 Å². The molecule has 0 spiro atoms. The van der Waals surface area contributed by atoms with E-state index in [1.807, 2.05) is 0 Å². The normalized spacial score (nSPS) is 7.00. The van der Waals surface area contributed by atoms with Gasteiger partial charge in [-0.15, -0.1) is 0 Å². The maximum atomic E-state index is 8.07. The van der Waals surface area contributed by atoms with E-state index in [0.717, 1.165) is 12.8 Å². The second-order valence-electron chi connectivity index (χ2n) is 1.08. The Kier molecular flexibility index (Phi) is 17.2. The van der Waals surface area contributed by atoms with E-state index in [0.29, 0.717) is 6.61 Å². The van der Waals surface area contributed by atoms with Crippen LogP contribution in [-0.4, -0.2) is 11.7 Å². The maximum Gasteiger partial charge on any atom is 1.00 e. The van der Waals surface area contributed by atoms with E-state index < -0.39 is 0 Å². The number of rotatable bonds is 2. The van der Waals surface area contributed by atoms with Gasteiger partial charge in [-0.2, -0.15) is 0 Å². The third-order valence-electron chi connectivity index (χ3n) is 0.512. The van der Waals surface area contributed by atoms with Crippen molar-refractivity contribution in [3.05, 3.63) is 0 Å². The molecular formula is C4H11KO. The van der Waals surface area contributed by atoms with Crippen LogP contribution in [0.25, 0.3) is 0 Å². The zero-order chi connectivity index (χ0) is 4.12. The predicted octanol–water partition coefficient (Wildman–Crippen LogP) is -2.10. The van der Waals surface area contributed by atoms with Gasteiger partial charge < -0.3 is 6.53 Å². The summed E-state index contributed by atoms with van der Waals surface area (Å²) < 4.78 is 0. The number of hydrogen-bond acceptors (Lipinski definition) is 1. The van der Waals surface area contributed by atoms with Crippen LogP contribution in [0.1, 0.15) is 21.2 Å². The second-order valence-corrected chi connectivity index (χ2v) is 1.08. The fourth-order valence-corrected chi connectivity index (χ4v) is 0.158. The van der Waals surface area contributed by atoms with Gasteiger partial charge in [-0.05, 0) is 6.42 Å². The summed E-state index contributed by atoms with van der Waals surface area (Å²) >= 11 is 0. The van der Waals surface area contributed by atoms with Gasteiger partial charge in [0.2, 0.25) is 0 Å². The van der Waals surface area contributed by atoms with Crippen molar-refractivity contribution in [3.8, 4) is 0 Å². The molecule has 1 N–H and O–H groups in total. The number of aliphatic hydroxyl groups excluding tert-OH is 1. The van der Waals surface area contributed by atoms with Crippen molar-refractivity contribution in [2.45, 2.75) is 19.8 Å². The van der Waals surface area contributed by atoms with Crippen molar-refractivity contribution < 1.29 is 57.9 Å². The molecule has 0 saturated carbocycles. The first-order valence-electron chi connectivity index (χ1n) is 2.02. The quantitative estimate of drug-likeness (QED) is 0.410. The van der Waals surface area contributed by atoms with E-state index in [9.17, 15) is 0 Å². The molecule has 0 aromatic heterocycles. The monoisotopic (exact) mass is 116 g/mol. The molecule has 34 valence electrons. The minimum atomic E-state index is 0. The number of unbranched alkanes of at least 4 members (excludes halogenated alkanes) is 1. The molecule has 0 aliphatic heterocycles. The molecule has 0 amide bonds. The van der Waals surface area contributed by atoms with Crippen LogP contribution in [0.15, 0.2) is 0 Å². The van der Waals surface area contributed by atoms with Crippen molar-refractivity contribution in [3.63, 3.8) is 0 Å². The van der Waals surface area contributed by atoms with Crippen molar-refractivity contribution in [2.75, 3.05) is 6.61 Å². The molecular weight excluding hydrogens is 103 g/mol. The van der Waals surface area contributed by atoms with E-state index in [-0.39, 0.29) is 52.8 Å². The standard InChI is InChI=1S/C4H10O.K.H/c1-2-3-4-5;;/h5H,2-4H2,1H3;;/q;+1;-1/i;;1+2. The van der Waals surface area contributed by atoms with Crippen molar-refractivity contribution in [1.29, 1.82) is 0 Å². The van der Waals surface area contributed by atoms with Crippen LogP contribution in [0, 0.1) is 0 Å². The molecule has 0 heterocycles. The smallest absolute Gasteiger partial charge is 1.00 e. The van der Waals surface area contributed by atoms with Gasteiger partial charge in [-0.1, -0.05) is 13.3 Å². The summed E-state index contributed by atoms with van der Waals surface area (Å²) in [5.41, 5.74) is 0. The number of hydrogen-bond donors (Lipinski definition) is 1. The van der Waals surface area contributed by atoms with E-state index in [1.54, 1.807) is 0 Å². The summed E-state index contributed by atoms with van der Waals surface area (Å²) in [6.45, 7) is 2.40. The molecule has 0 unspecified atom stereocenters. The Bertz CT molecular complexity index is 19.2. The molecule has 0 saturated heterocycles. The summed E-state index contributed by atoms with van der Waals surface area (Å²) in [5.74, 6) is 0. The average molecular weight is 116 g/mol. The molecule has 0 fully saturated rings. The largest absolute Gasteiger partial charge is 1.00 e. The SMILES string of the molecule is CCCCO.[3H-].[K+]. The first kappa shape index (κ1) is 10.6. The van der Waals surface area contributed by atoms with Gasteiger partial charge in [-0.3, -0.25) is 0 Å². The van der Waals surface area contributed by atoms with Gasteiger partial charge in [0.1, 0.15) is 0 Å². The predicted molar refractivity (Wildman–Crippen MR) is 23.1 cm³/mol. The average Bonchev–Trinajstić information content (AvgIpc) is 1.41. The van der Waals surface area contributed by atoms with Gasteiger partial charge in [0.15, 0.2) is 0 Å². The minimum Gasteiger partial charge on any atom is -1.00 e. The molecule has 0 atom stereocenters. The van der Waals surface area contributed by atoms with E-state index in [4.69, 9.17) is 5.11 Å². The molecule has 0 aliphatic carbocycles.